The number of likely N-dealkylation sites (tertiary alicyclic amines) is 1. The Labute approximate surface area is 110 Å². The zero-order chi connectivity index (χ0) is 13.3. The number of carbonyl (C=O) groups is 1. The van der Waals surface area contributed by atoms with E-state index in [4.69, 9.17) is 5.26 Å². The first kappa shape index (κ1) is 13.4. The normalized spacial score (nSPS) is 30.1. The summed E-state index contributed by atoms with van der Waals surface area (Å²) in [7, 11) is 2.17. The summed E-state index contributed by atoms with van der Waals surface area (Å²) >= 11 is 0. The quantitative estimate of drug-likeness (QED) is 0.744. The van der Waals surface area contributed by atoms with E-state index in [1.807, 2.05) is 18.7 Å². The summed E-state index contributed by atoms with van der Waals surface area (Å²) in [5.41, 5.74) is 0. The first-order valence-electron chi connectivity index (χ1n) is 6.95. The van der Waals surface area contributed by atoms with Crippen LogP contribution in [0.15, 0.2) is 0 Å². The molecule has 1 amide bonds. The van der Waals surface area contributed by atoms with Crippen LogP contribution in [-0.2, 0) is 4.79 Å². The minimum absolute atomic E-state index is 0.0356. The molecular formula is C14H23N3O. The monoisotopic (exact) mass is 249 g/mol. The van der Waals surface area contributed by atoms with Crippen molar-refractivity contribution in [2.45, 2.75) is 45.2 Å². The Bertz CT molecular complexity index is 361. The van der Waals surface area contributed by atoms with Gasteiger partial charge >= 0.3 is 0 Å². The van der Waals surface area contributed by atoms with Gasteiger partial charge in [-0.25, -0.2) is 0 Å². The van der Waals surface area contributed by atoms with Crippen molar-refractivity contribution in [1.29, 1.82) is 5.26 Å². The fourth-order valence-electron chi connectivity index (χ4n) is 3.20. The molecule has 2 bridgehead atoms. The minimum atomic E-state index is -0.480. The number of hydrogen-bond donors (Lipinski definition) is 0. The summed E-state index contributed by atoms with van der Waals surface area (Å²) in [4.78, 5) is 16.7. The van der Waals surface area contributed by atoms with Crippen LogP contribution in [0.4, 0.5) is 0 Å². The van der Waals surface area contributed by atoms with Crippen LogP contribution in [0.3, 0.4) is 0 Å². The molecule has 2 heterocycles. The molecule has 0 aliphatic carbocycles. The van der Waals surface area contributed by atoms with Gasteiger partial charge in [0.25, 0.3) is 0 Å². The molecule has 0 aromatic rings. The first-order chi connectivity index (χ1) is 8.54. The Morgan fingerprint density at radius 3 is 2.56 bits per heavy atom. The molecule has 18 heavy (non-hydrogen) atoms. The van der Waals surface area contributed by atoms with Crippen molar-refractivity contribution in [2.24, 2.45) is 11.8 Å². The van der Waals surface area contributed by atoms with Crippen molar-refractivity contribution in [2.75, 3.05) is 20.1 Å². The molecule has 0 radical (unpaired) electrons. The third-order valence-corrected chi connectivity index (χ3v) is 4.53. The predicted octanol–water partition coefficient (Wildman–Crippen LogP) is 1.48. The topological polar surface area (TPSA) is 47.3 Å². The zero-order valence-corrected chi connectivity index (χ0v) is 11.6. The molecule has 0 aromatic heterocycles. The highest BCUT2D eigenvalue weighted by Gasteiger charge is 2.37. The van der Waals surface area contributed by atoms with Gasteiger partial charge in [-0.2, -0.15) is 5.26 Å². The van der Waals surface area contributed by atoms with Crippen LogP contribution in [0.5, 0.6) is 0 Å². The third-order valence-electron chi connectivity index (χ3n) is 4.53. The summed E-state index contributed by atoms with van der Waals surface area (Å²) in [6.07, 6.45) is 3.49. The Balaban J connectivity index is 2.06. The number of likely N-dealkylation sites (N-methyl/N-ethyl adjacent to an activating group) is 1. The van der Waals surface area contributed by atoms with E-state index in [1.54, 1.807) is 0 Å². The van der Waals surface area contributed by atoms with Crippen molar-refractivity contribution < 1.29 is 4.79 Å². The van der Waals surface area contributed by atoms with Gasteiger partial charge in [-0.15, -0.1) is 0 Å². The van der Waals surface area contributed by atoms with Gasteiger partial charge in [-0.1, -0.05) is 13.8 Å². The molecule has 0 aromatic carbocycles. The van der Waals surface area contributed by atoms with E-state index in [0.29, 0.717) is 12.1 Å². The van der Waals surface area contributed by atoms with Gasteiger partial charge in [0, 0.05) is 25.2 Å². The van der Waals surface area contributed by atoms with Crippen molar-refractivity contribution in [3.63, 3.8) is 0 Å². The molecular weight excluding hydrogens is 226 g/mol. The number of carbonyl (C=O) groups excluding carboxylic acids is 1. The highest BCUT2D eigenvalue weighted by molar-refractivity contribution is 5.81. The maximum atomic E-state index is 12.4. The first-order valence-corrected chi connectivity index (χ1v) is 6.95. The van der Waals surface area contributed by atoms with Gasteiger partial charge < -0.3 is 4.90 Å². The minimum Gasteiger partial charge on any atom is -0.340 e. The molecule has 4 heteroatoms. The summed E-state index contributed by atoms with van der Waals surface area (Å²) < 4.78 is 0. The average Bonchev–Trinajstić information content (AvgIpc) is 2.53. The van der Waals surface area contributed by atoms with Crippen LogP contribution in [0.1, 0.15) is 33.1 Å². The molecule has 2 aliphatic rings. The largest absolute Gasteiger partial charge is 0.340 e. The van der Waals surface area contributed by atoms with Crippen molar-refractivity contribution in [3.05, 3.63) is 0 Å². The van der Waals surface area contributed by atoms with Crippen LogP contribution < -0.4 is 0 Å². The van der Waals surface area contributed by atoms with Crippen LogP contribution in [0.2, 0.25) is 0 Å². The second-order valence-corrected chi connectivity index (χ2v) is 5.97. The van der Waals surface area contributed by atoms with E-state index in [9.17, 15) is 4.79 Å². The number of nitriles is 1. The summed E-state index contributed by atoms with van der Waals surface area (Å²) in [6, 6.07) is 3.29. The second-order valence-electron chi connectivity index (χ2n) is 5.97. The standard InChI is InChI=1S/C14H23N3O/c1-10(2)13(8-15)14(18)17-7-6-11-4-5-12(9-17)16(11)3/h10-13H,4-7,9H2,1-3H3. The Morgan fingerprint density at radius 1 is 1.28 bits per heavy atom. The molecule has 2 fully saturated rings. The molecule has 2 rings (SSSR count). The fraction of sp³-hybridized carbons (Fsp3) is 0.857. The van der Waals surface area contributed by atoms with Crippen LogP contribution >= 0.6 is 0 Å². The maximum absolute atomic E-state index is 12.4. The number of fused-ring (bicyclic) bond motifs is 2. The lowest BCUT2D eigenvalue weighted by atomic mass is 9.95. The SMILES string of the molecule is CC(C)C(C#N)C(=O)N1CCC2CCC(C1)N2C. The lowest BCUT2D eigenvalue weighted by Gasteiger charge is -2.28. The van der Waals surface area contributed by atoms with Crippen LogP contribution in [0, 0.1) is 23.2 Å². The molecule has 0 N–H and O–H groups in total. The predicted molar refractivity (Wildman–Crippen MR) is 69.7 cm³/mol. The fourth-order valence-corrected chi connectivity index (χ4v) is 3.20. The molecule has 100 valence electrons. The van der Waals surface area contributed by atoms with E-state index in [1.165, 1.54) is 12.8 Å². The van der Waals surface area contributed by atoms with E-state index in [2.05, 4.69) is 18.0 Å². The van der Waals surface area contributed by atoms with Crippen LogP contribution in [-0.4, -0.2) is 47.9 Å². The number of nitrogens with zero attached hydrogens (tertiary/aromatic N) is 3. The van der Waals surface area contributed by atoms with Gasteiger partial charge in [0.2, 0.25) is 5.91 Å². The number of amides is 1. The molecule has 3 atom stereocenters. The highest BCUT2D eigenvalue weighted by Crippen LogP contribution is 2.29. The van der Waals surface area contributed by atoms with Crippen LogP contribution in [0.25, 0.3) is 0 Å². The lowest BCUT2D eigenvalue weighted by Crippen LogP contribution is -2.43. The van der Waals surface area contributed by atoms with Gasteiger partial charge in [0.05, 0.1) is 6.07 Å². The Morgan fingerprint density at radius 2 is 1.94 bits per heavy atom. The van der Waals surface area contributed by atoms with Crippen molar-refractivity contribution in [3.8, 4) is 6.07 Å². The summed E-state index contributed by atoms with van der Waals surface area (Å²) in [6.45, 7) is 5.51. The van der Waals surface area contributed by atoms with E-state index >= 15 is 0 Å². The smallest absolute Gasteiger partial charge is 0.240 e. The number of rotatable bonds is 2. The summed E-state index contributed by atoms with van der Waals surface area (Å²) in [5, 5.41) is 9.14. The average molecular weight is 249 g/mol. The van der Waals surface area contributed by atoms with E-state index in [0.717, 1.165) is 19.5 Å². The van der Waals surface area contributed by atoms with Crippen molar-refractivity contribution in [1.82, 2.24) is 9.80 Å². The lowest BCUT2D eigenvalue weighted by molar-refractivity contribution is -0.135. The highest BCUT2D eigenvalue weighted by atomic mass is 16.2. The Hall–Kier alpha value is -1.08. The van der Waals surface area contributed by atoms with E-state index < -0.39 is 5.92 Å². The molecule has 2 saturated heterocycles. The molecule has 4 nitrogen and oxygen atoms in total. The number of hydrogen-bond acceptors (Lipinski definition) is 3. The van der Waals surface area contributed by atoms with E-state index in [-0.39, 0.29) is 11.8 Å². The van der Waals surface area contributed by atoms with Gasteiger partial charge in [0.1, 0.15) is 5.92 Å². The summed E-state index contributed by atoms with van der Waals surface area (Å²) in [5.74, 6) is -0.346. The van der Waals surface area contributed by atoms with Gasteiger partial charge in [-0.3, -0.25) is 9.69 Å². The van der Waals surface area contributed by atoms with Gasteiger partial charge in [-0.05, 0) is 32.2 Å². The second kappa shape index (κ2) is 5.27. The maximum Gasteiger partial charge on any atom is 0.240 e. The van der Waals surface area contributed by atoms with Gasteiger partial charge in [0.15, 0.2) is 0 Å². The zero-order valence-electron chi connectivity index (χ0n) is 11.6. The molecule has 2 aliphatic heterocycles. The molecule has 0 saturated carbocycles. The molecule has 3 unspecified atom stereocenters. The van der Waals surface area contributed by atoms with Crippen molar-refractivity contribution >= 4 is 5.91 Å². The third kappa shape index (κ3) is 2.37. The Kier molecular flexibility index (Phi) is 3.91. The molecule has 0 spiro atoms.